The van der Waals surface area contributed by atoms with E-state index < -0.39 is 0 Å². The first-order chi connectivity index (χ1) is 6.38. The van der Waals surface area contributed by atoms with Gasteiger partial charge in [0, 0.05) is 0 Å². The molecule has 0 aliphatic heterocycles. The van der Waals surface area contributed by atoms with Gasteiger partial charge in [0.1, 0.15) is 0 Å². The summed E-state index contributed by atoms with van der Waals surface area (Å²) in [5.74, 6) is 0.273. The molecule has 1 aromatic rings. The Balaban J connectivity index is 0. The van der Waals surface area contributed by atoms with Gasteiger partial charge in [0.05, 0.1) is 0 Å². The average Bonchev–Trinajstić information content (AvgIpc) is 2.20. The van der Waals surface area contributed by atoms with Crippen molar-refractivity contribution in [3.63, 3.8) is 0 Å². The van der Waals surface area contributed by atoms with Crippen LogP contribution >= 0.6 is 0 Å². The van der Waals surface area contributed by atoms with Crippen LogP contribution in [0.3, 0.4) is 0 Å². The van der Waals surface area contributed by atoms with Gasteiger partial charge in [-0.2, -0.15) is 0 Å². The second-order valence-electron chi connectivity index (χ2n) is 3.84. The summed E-state index contributed by atoms with van der Waals surface area (Å²) in [4.78, 5) is 0. The Morgan fingerprint density at radius 1 is 0.938 bits per heavy atom. The first kappa shape index (κ1) is 18.7. The van der Waals surface area contributed by atoms with Crippen LogP contribution in [0.25, 0.3) is 0 Å². The van der Waals surface area contributed by atoms with Crippen LogP contribution in [0.5, 0.6) is 0 Å². The summed E-state index contributed by atoms with van der Waals surface area (Å²) in [6.07, 6.45) is 3.92. The van der Waals surface area contributed by atoms with E-state index >= 15 is 0 Å². The van der Waals surface area contributed by atoms with Crippen LogP contribution in [0.2, 0.25) is 0 Å². The minimum absolute atomic E-state index is 0. The van der Waals surface area contributed by atoms with Crippen molar-refractivity contribution in [2.24, 2.45) is 0 Å². The number of hydrogen-bond acceptors (Lipinski definition) is 1. The Kier molecular flexibility index (Phi) is 10.9. The van der Waals surface area contributed by atoms with E-state index in [1.54, 1.807) is 0 Å². The molecule has 0 unspecified atom stereocenters. The van der Waals surface area contributed by atoms with E-state index in [4.69, 9.17) is 0 Å². The Labute approximate surface area is 121 Å². The van der Waals surface area contributed by atoms with Crippen molar-refractivity contribution in [1.82, 2.24) is 0 Å². The third-order valence-corrected chi connectivity index (χ3v) is 2.93. The number of rotatable bonds is 1. The molecule has 4 heteroatoms. The van der Waals surface area contributed by atoms with Crippen molar-refractivity contribution >= 4 is 17.4 Å². The van der Waals surface area contributed by atoms with Crippen LogP contribution in [0.1, 0.15) is 37.2 Å². The maximum absolute atomic E-state index is 11.7. The normalized spacial score (nSPS) is 23.3. The molecule has 1 fully saturated rings. The van der Waals surface area contributed by atoms with Crippen molar-refractivity contribution in [3.05, 3.63) is 35.9 Å². The molecule has 0 N–H and O–H groups in total. The molecule has 2 rings (SSSR count). The van der Waals surface area contributed by atoms with Gasteiger partial charge in [-0.05, 0) is 17.9 Å². The molecule has 2 atom stereocenters. The summed E-state index contributed by atoms with van der Waals surface area (Å²) in [6.45, 7) is 0. The van der Waals surface area contributed by atoms with E-state index in [0.29, 0.717) is 0 Å². The maximum atomic E-state index is 11.7. The smallest absolute Gasteiger partial charge is 1.00 e. The van der Waals surface area contributed by atoms with Gasteiger partial charge in [0.2, 0.25) is 0 Å². The molecule has 0 radical (unpaired) electrons. The van der Waals surface area contributed by atoms with Gasteiger partial charge < -0.3 is 29.9 Å². The molecule has 1 saturated carbocycles. The minimum Gasteiger partial charge on any atom is -1.00 e. The topological polar surface area (TPSA) is 23.1 Å². The molecule has 0 bridgehead atoms. The fourth-order valence-electron chi connectivity index (χ4n) is 2.18. The predicted octanol–water partition coefficient (Wildman–Crippen LogP) is -4.30. The predicted molar refractivity (Wildman–Crippen MR) is 57.2 cm³/mol. The van der Waals surface area contributed by atoms with E-state index in [9.17, 15) is 5.11 Å². The molecular weight excluding hydrogens is 258 g/mol. The van der Waals surface area contributed by atoms with E-state index in [1.807, 2.05) is 18.2 Å². The Bertz CT molecular complexity index is 269. The van der Waals surface area contributed by atoms with Gasteiger partial charge in [-0.3, -0.25) is 0 Å². The van der Waals surface area contributed by atoms with Gasteiger partial charge >= 0.3 is 17.4 Å². The molecule has 0 aromatic heterocycles. The fourth-order valence-corrected chi connectivity index (χ4v) is 2.18. The fraction of sp³-hybridized carbons (Fsp3) is 0.500. The molecule has 0 spiro atoms. The zero-order chi connectivity index (χ0) is 9.10. The zero-order valence-electron chi connectivity index (χ0n) is 9.11. The molecule has 0 saturated heterocycles. The number of hydrogen-bond donors (Lipinski definition) is 0. The van der Waals surface area contributed by atoms with E-state index in [-0.39, 0.29) is 54.2 Å². The summed E-state index contributed by atoms with van der Waals surface area (Å²) in [6, 6.07) is 10.2. The van der Waals surface area contributed by atoms with Crippen LogP contribution in [0.15, 0.2) is 30.3 Å². The largest absolute Gasteiger partial charge is 3.00 e. The molecule has 1 aromatic carbocycles. The molecule has 1 aliphatic carbocycles. The summed E-state index contributed by atoms with van der Waals surface area (Å²) < 4.78 is 0. The molecule has 0 heterocycles. The Morgan fingerprint density at radius 3 is 2.06 bits per heavy atom. The van der Waals surface area contributed by atoms with Crippen molar-refractivity contribution in [2.75, 3.05) is 0 Å². The summed E-state index contributed by atoms with van der Waals surface area (Å²) in [5, 5.41) is 11.7. The van der Waals surface area contributed by atoms with E-state index in [1.165, 1.54) is 12.0 Å². The summed E-state index contributed by atoms with van der Waals surface area (Å²) in [5.41, 5.74) is 1.24. The number of halogens is 2. The van der Waals surface area contributed by atoms with Crippen molar-refractivity contribution in [1.29, 1.82) is 0 Å². The molecule has 1 nitrogen and oxygen atoms in total. The van der Waals surface area contributed by atoms with Crippen molar-refractivity contribution in [3.8, 4) is 0 Å². The summed E-state index contributed by atoms with van der Waals surface area (Å²) in [7, 11) is 0. The van der Waals surface area contributed by atoms with Crippen LogP contribution in [0.4, 0.5) is 0 Å². The molecule has 0 amide bonds. The molecular formula is C12H15AlCl2O. The van der Waals surface area contributed by atoms with Gasteiger partial charge in [0.15, 0.2) is 0 Å². The van der Waals surface area contributed by atoms with Gasteiger partial charge in [-0.25, -0.2) is 0 Å². The van der Waals surface area contributed by atoms with Crippen molar-refractivity contribution < 1.29 is 29.9 Å². The van der Waals surface area contributed by atoms with Crippen LogP contribution in [0, 0.1) is 0 Å². The Morgan fingerprint density at radius 2 is 1.50 bits per heavy atom. The van der Waals surface area contributed by atoms with Crippen LogP contribution in [-0.4, -0.2) is 23.5 Å². The first-order valence-electron chi connectivity index (χ1n) is 5.08. The standard InChI is InChI=1S/C12H15O.Al.2ClH/c13-12-9-5-4-8-11(12)10-6-2-1-3-7-10;;;/h1-3,6-7,11-12H,4-5,8-9H2;;2*1H/q-1;+3;;/p-2/t11-,12+;;;/m0.../s1. The van der Waals surface area contributed by atoms with Gasteiger partial charge in [0.25, 0.3) is 0 Å². The van der Waals surface area contributed by atoms with Crippen LogP contribution < -0.4 is 29.9 Å². The van der Waals surface area contributed by atoms with E-state index in [0.717, 1.165) is 19.3 Å². The Hall–Kier alpha value is 0.292. The molecule has 16 heavy (non-hydrogen) atoms. The third kappa shape index (κ3) is 4.65. The first-order valence-corrected chi connectivity index (χ1v) is 5.08. The van der Waals surface area contributed by atoms with Crippen LogP contribution in [-0.2, 0) is 0 Å². The monoisotopic (exact) mass is 272 g/mol. The van der Waals surface area contributed by atoms with Gasteiger partial charge in [-0.1, -0.05) is 49.6 Å². The minimum atomic E-state index is -0.365. The average molecular weight is 273 g/mol. The zero-order valence-corrected chi connectivity index (χ0v) is 11.8. The molecule has 86 valence electrons. The van der Waals surface area contributed by atoms with Gasteiger partial charge in [-0.15, -0.1) is 6.10 Å². The second kappa shape index (κ2) is 9.34. The van der Waals surface area contributed by atoms with E-state index in [2.05, 4.69) is 12.1 Å². The second-order valence-corrected chi connectivity index (χ2v) is 3.84. The molecule has 1 aliphatic rings. The van der Waals surface area contributed by atoms with Crippen molar-refractivity contribution in [2.45, 2.75) is 37.7 Å². The number of benzene rings is 1. The SMILES string of the molecule is [Al+3].[Cl-].[Cl-].[O-][C@@H]1CCCC[C@H]1c1ccccc1. The third-order valence-electron chi connectivity index (χ3n) is 2.93. The maximum Gasteiger partial charge on any atom is 3.00 e. The summed E-state index contributed by atoms with van der Waals surface area (Å²) >= 11 is 0. The quantitative estimate of drug-likeness (QED) is 0.475.